The van der Waals surface area contributed by atoms with Gasteiger partial charge in [0.05, 0.1) is 5.33 Å². The van der Waals surface area contributed by atoms with Crippen molar-refractivity contribution in [2.24, 2.45) is 0 Å². The molecule has 2 N–H and O–H groups in total. The number of hydrogen-bond donors (Lipinski definition) is 2. The van der Waals surface area contributed by atoms with Gasteiger partial charge in [0.2, 0.25) is 5.91 Å². The van der Waals surface area contributed by atoms with Crippen molar-refractivity contribution in [3.05, 3.63) is 35.9 Å². The lowest BCUT2D eigenvalue weighted by molar-refractivity contribution is -0.141. The van der Waals surface area contributed by atoms with Gasteiger partial charge in [-0.3, -0.25) is 4.79 Å². The summed E-state index contributed by atoms with van der Waals surface area (Å²) in [5, 5.41) is 11.4. The fourth-order valence-corrected chi connectivity index (χ4v) is 1.29. The van der Waals surface area contributed by atoms with Gasteiger partial charge in [-0.15, -0.1) is 0 Å². The van der Waals surface area contributed by atoms with Crippen molar-refractivity contribution in [3.8, 4) is 0 Å². The fraction of sp³-hybridized carbons (Fsp3) is 0.200. The molecule has 0 fully saturated rings. The van der Waals surface area contributed by atoms with Gasteiger partial charge in [0.15, 0.2) is 6.04 Å². The molecule has 1 rings (SSSR count). The van der Waals surface area contributed by atoms with Gasteiger partial charge in [-0.25, -0.2) is 4.79 Å². The van der Waals surface area contributed by atoms with Gasteiger partial charge in [-0.1, -0.05) is 46.3 Å². The van der Waals surface area contributed by atoms with Gasteiger partial charge >= 0.3 is 5.97 Å². The molecule has 0 spiro atoms. The number of carboxylic acids is 1. The number of halogens is 1. The van der Waals surface area contributed by atoms with Crippen LogP contribution >= 0.6 is 15.9 Å². The van der Waals surface area contributed by atoms with Crippen molar-refractivity contribution < 1.29 is 14.7 Å². The third-order valence-electron chi connectivity index (χ3n) is 1.81. The summed E-state index contributed by atoms with van der Waals surface area (Å²) in [7, 11) is 0. The van der Waals surface area contributed by atoms with E-state index in [0.717, 1.165) is 0 Å². The van der Waals surface area contributed by atoms with E-state index in [1.54, 1.807) is 30.3 Å². The van der Waals surface area contributed by atoms with Crippen LogP contribution in [0.4, 0.5) is 0 Å². The topological polar surface area (TPSA) is 66.4 Å². The third-order valence-corrected chi connectivity index (χ3v) is 2.32. The lowest BCUT2D eigenvalue weighted by Gasteiger charge is -2.13. The van der Waals surface area contributed by atoms with Gasteiger partial charge in [0, 0.05) is 0 Å². The molecule has 1 unspecified atom stereocenters. The molecule has 1 aromatic rings. The Kier molecular flexibility index (Phi) is 4.30. The second-order valence-corrected chi connectivity index (χ2v) is 3.44. The molecule has 4 nitrogen and oxygen atoms in total. The molecule has 15 heavy (non-hydrogen) atoms. The van der Waals surface area contributed by atoms with Gasteiger partial charge in [0.1, 0.15) is 0 Å². The molecule has 1 amide bonds. The number of carbonyl (C=O) groups is 2. The van der Waals surface area contributed by atoms with E-state index in [9.17, 15) is 9.59 Å². The minimum absolute atomic E-state index is 0.0869. The van der Waals surface area contributed by atoms with Crippen LogP contribution in [0.1, 0.15) is 11.6 Å². The summed E-state index contributed by atoms with van der Waals surface area (Å²) >= 11 is 2.96. The Morgan fingerprint density at radius 3 is 2.40 bits per heavy atom. The highest BCUT2D eigenvalue weighted by Crippen LogP contribution is 2.12. The molecule has 0 heterocycles. The number of amides is 1. The molecule has 1 atom stereocenters. The standard InChI is InChI=1S/C10H10BrNO3/c11-6-8(13)12-9(10(14)15)7-4-2-1-3-5-7/h1-5,9H,6H2,(H,12,13)(H,14,15). The van der Waals surface area contributed by atoms with Crippen molar-refractivity contribution in [1.29, 1.82) is 0 Å². The second kappa shape index (κ2) is 5.50. The molecule has 80 valence electrons. The predicted molar refractivity (Wildman–Crippen MR) is 58.8 cm³/mol. The summed E-state index contributed by atoms with van der Waals surface area (Å²) in [6.45, 7) is 0. The maximum atomic E-state index is 11.1. The average Bonchev–Trinajstić information content (AvgIpc) is 2.26. The lowest BCUT2D eigenvalue weighted by atomic mass is 10.1. The number of carboxylic acid groups (broad SMARTS) is 1. The molecule has 0 aliphatic heterocycles. The molecular formula is C10H10BrNO3. The fourth-order valence-electron chi connectivity index (χ4n) is 1.13. The third kappa shape index (κ3) is 3.36. The van der Waals surface area contributed by atoms with Crippen LogP contribution in [0.5, 0.6) is 0 Å². The van der Waals surface area contributed by atoms with Gasteiger partial charge in [-0.05, 0) is 5.56 Å². The van der Waals surface area contributed by atoms with E-state index in [-0.39, 0.29) is 11.2 Å². The van der Waals surface area contributed by atoms with Gasteiger partial charge in [0.25, 0.3) is 0 Å². The van der Waals surface area contributed by atoms with Crippen molar-refractivity contribution in [1.82, 2.24) is 5.32 Å². The molecule has 0 aromatic heterocycles. The number of nitrogens with one attached hydrogen (secondary N) is 1. The SMILES string of the molecule is O=C(CBr)NC(C(=O)O)c1ccccc1. The highest BCUT2D eigenvalue weighted by molar-refractivity contribution is 9.09. The molecule has 0 aliphatic rings. The van der Waals surface area contributed by atoms with E-state index in [0.29, 0.717) is 5.56 Å². The van der Waals surface area contributed by atoms with E-state index in [1.165, 1.54) is 0 Å². The Bertz CT molecular complexity index is 353. The van der Waals surface area contributed by atoms with E-state index in [1.807, 2.05) is 0 Å². The second-order valence-electron chi connectivity index (χ2n) is 2.88. The number of alkyl halides is 1. The molecule has 0 radical (unpaired) electrons. The molecule has 0 saturated carbocycles. The molecule has 1 aromatic carbocycles. The molecule has 0 bridgehead atoms. The summed E-state index contributed by atoms with van der Waals surface area (Å²) in [6.07, 6.45) is 0. The Balaban J connectivity index is 2.84. The predicted octanol–water partition coefficient (Wildman–Crippen LogP) is 1.32. The number of rotatable bonds is 4. The van der Waals surface area contributed by atoms with Crippen LogP contribution in [-0.4, -0.2) is 22.3 Å². The number of aliphatic carboxylic acids is 1. The molecular weight excluding hydrogens is 262 g/mol. The zero-order valence-corrected chi connectivity index (χ0v) is 9.40. The van der Waals surface area contributed by atoms with Crippen molar-refractivity contribution in [3.63, 3.8) is 0 Å². The monoisotopic (exact) mass is 271 g/mol. The van der Waals surface area contributed by atoms with Crippen LogP contribution in [-0.2, 0) is 9.59 Å². The summed E-state index contributed by atoms with van der Waals surface area (Å²) in [5.41, 5.74) is 0.555. The van der Waals surface area contributed by atoms with E-state index < -0.39 is 12.0 Å². The Labute approximate surface area is 95.4 Å². The Morgan fingerprint density at radius 2 is 1.93 bits per heavy atom. The normalized spacial score (nSPS) is 11.8. The maximum absolute atomic E-state index is 11.1. The number of benzene rings is 1. The van der Waals surface area contributed by atoms with Gasteiger partial charge in [-0.2, -0.15) is 0 Å². The van der Waals surface area contributed by atoms with Crippen LogP contribution in [0.15, 0.2) is 30.3 Å². The zero-order valence-electron chi connectivity index (χ0n) is 7.81. The summed E-state index contributed by atoms with van der Waals surface area (Å²) in [4.78, 5) is 22.0. The minimum atomic E-state index is -1.07. The largest absolute Gasteiger partial charge is 0.479 e. The first-order valence-corrected chi connectivity index (χ1v) is 5.40. The molecule has 0 aliphatic carbocycles. The van der Waals surface area contributed by atoms with Crippen LogP contribution in [0.3, 0.4) is 0 Å². The highest BCUT2D eigenvalue weighted by Gasteiger charge is 2.20. The first-order valence-electron chi connectivity index (χ1n) is 4.28. The maximum Gasteiger partial charge on any atom is 0.330 e. The minimum Gasteiger partial charge on any atom is -0.479 e. The lowest BCUT2D eigenvalue weighted by Crippen LogP contribution is -2.34. The summed E-state index contributed by atoms with van der Waals surface area (Å²) in [6, 6.07) is 7.57. The van der Waals surface area contributed by atoms with Crippen molar-refractivity contribution in [2.45, 2.75) is 6.04 Å². The first-order chi connectivity index (χ1) is 7.15. The van der Waals surface area contributed by atoms with Crippen LogP contribution in [0, 0.1) is 0 Å². The van der Waals surface area contributed by atoms with Crippen LogP contribution in [0.2, 0.25) is 0 Å². The average molecular weight is 272 g/mol. The Morgan fingerprint density at radius 1 is 1.33 bits per heavy atom. The first kappa shape index (κ1) is 11.7. The van der Waals surface area contributed by atoms with Crippen molar-refractivity contribution in [2.75, 3.05) is 5.33 Å². The van der Waals surface area contributed by atoms with E-state index >= 15 is 0 Å². The van der Waals surface area contributed by atoms with Gasteiger partial charge < -0.3 is 10.4 Å². The number of carbonyl (C=O) groups excluding carboxylic acids is 1. The smallest absolute Gasteiger partial charge is 0.330 e. The summed E-state index contributed by atoms with van der Waals surface area (Å²) in [5.74, 6) is -1.43. The quantitative estimate of drug-likeness (QED) is 0.812. The van der Waals surface area contributed by atoms with Crippen LogP contribution in [0.25, 0.3) is 0 Å². The molecule has 0 saturated heterocycles. The van der Waals surface area contributed by atoms with Crippen molar-refractivity contribution >= 4 is 27.8 Å². The highest BCUT2D eigenvalue weighted by atomic mass is 79.9. The zero-order chi connectivity index (χ0) is 11.3. The summed E-state index contributed by atoms with van der Waals surface area (Å²) < 4.78 is 0. The Hall–Kier alpha value is -1.36. The van der Waals surface area contributed by atoms with Crippen LogP contribution < -0.4 is 5.32 Å². The number of hydrogen-bond acceptors (Lipinski definition) is 2. The van der Waals surface area contributed by atoms with E-state index in [2.05, 4.69) is 21.2 Å². The van der Waals surface area contributed by atoms with E-state index in [4.69, 9.17) is 5.11 Å². The molecule has 5 heteroatoms.